The fourth-order valence-corrected chi connectivity index (χ4v) is 1.85. The first-order valence-electron chi connectivity index (χ1n) is 5.08. The van der Waals surface area contributed by atoms with E-state index in [0.717, 1.165) is 0 Å². The van der Waals surface area contributed by atoms with Gasteiger partial charge in [-0.05, 0) is 25.1 Å². The smallest absolute Gasteiger partial charge is 0.358 e. The van der Waals surface area contributed by atoms with Crippen LogP contribution in [0.15, 0.2) is 22.7 Å². The molecule has 2 rings (SSSR count). The number of methoxy groups -OCH3 is 1. The number of carboxylic acids is 1. The number of hydrogen-bond acceptors (Lipinski definition) is 4. The number of carbonyl (C=O) groups is 1. The summed E-state index contributed by atoms with van der Waals surface area (Å²) >= 11 is 6.09. The first kappa shape index (κ1) is 12.4. The Morgan fingerprint density at radius 3 is 2.72 bits per heavy atom. The number of hydrogen-bond donors (Lipinski definition) is 1. The Morgan fingerprint density at radius 1 is 1.50 bits per heavy atom. The first-order valence-corrected chi connectivity index (χ1v) is 5.46. The van der Waals surface area contributed by atoms with Gasteiger partial charge in [-0.3, -0.25) is 0 Å². The molecule has 1 aromatic carbocycles. The number of halogens is 1. The van der Waals surface area contributed by atoms with Crippen molar-refractivity contribution in [3.63, 3.8) is 0 Å². The molecule has 18 heavy (non-hydrogen) atoms. The molecule has 0 aliphatic rings. The Morgan fingerprint density at radius 2 is 2.22 bits per heavy atom. The predicted octanol–water partition coefficient (Wildman–Crippen LogP) is 3.01. The monoisotopic (exact) mass is 267 g/mol. The Labute approximate surface area is 108 Å². The topological polar surface area (TPSA) is 72.6 Å². The van der Waals surface area contributed by atoms with Gasteiger partial charge in [-0.25, -0.2) is 4.79 Å². The lowest BCUT2D eigenvalue weighted by Gasteiger charge is -2.04. The van der Waals surface area contributed by atoms with E-state index in [1.54, 1.807) is 25.1 Å². The zero-order valence-corrected chi connectivity index (χ0v) is 10.5. The van der Waals surface area contributed by atoms with Crippen LogP contribution in [0.1, 0.15) is 16.1 Å². The summed E-state index contributed by atoms with van der Waals surface area (Å²) in [6, 6.07) is 5.03. The molecule has 0 aliphatic carbocycles. The molecule has 0 spiro atoms. The molecule has 1 heterocycles. The largest absolute Gasteiger partial charge is 0.497 e. The van der Waals surface area contributed by atoms with Gasteiger partial charge in [0.2, 0.25) is 0 Å². The Balaban J connectivity index is 2.52. The molecule has 94 valence electrons. The number of rotatable bonds is 3. The highest BCUT2D eigenvalue weighted by Crippen LogP contribution is 2.34. The maximum absolute atomic E-state index is 10.9. The molecule has 1 aromatic heterocycles. The molecule has 0 fully saturated rings. The van der Waals surface area contributed by atoms with E-state index in [2.05, 4.69) is 5.16 Å². The fourth-order valence-electron chi connectivity index (χ4n) is 1.59. The molecule has 0 unspecified atom stereocenters. The number of ether oxygens (including phenoxy) is 1. The van der Waals surface area contributed by atoms with Gasteiger partial charge >= 0.3 is 5.97 Å². The summed E-state index contributed by atoms with van der Waals surface area (Å²) < 4.78 is 10.1. The van der Waals surface area contributed by atoms with Gasteiger partial charge in [0.1, 0.15) is 5.75 Å². The van der Waals surface area contributed by atoms with Crippen molar-refractivity contribution in [2.24, 2.45) is 0 Å². The predicted molar refractivity (Wildman–Crippen MR) is 65.2 cm³/mol. The van der Waals surface area contributed by atoms with Gasteiger partial charge in [0, 0.05) is 11.1 Å². The van der Waals surface area contributed by atoms with Crippen molar-refractivity contribution in [1.82, 2.24) is 5.16 Å². The average molecular weight is 268 g/mol. The van der Waals surface area contributed by atoms with E-state index < -0.39 is 5.97 Å². The number of aromatic nitrogens is 1. The van der Waals surface area contributed by atoms with Crippen molar-refractivity contribution >= 4 is 17.6 Å². The molecule has 6 heteroatoms. The molecular weight excluding hydrogens is 258 g/mol. The van der Waals surface area contributed by atoms with Crippen molar-refractivity contribution in [2.45, 2.75) is 6.92 Å². The third kappa shape index (κ3) is 2.04. The van der Waals surface area contributed by atoms with Crippen LogP contribution in [-0.4, -0.2) is 23.3 Å². The van der Waals surface area contributed by atoms with Crippen LogP contribution in [0, 0.1) is 6.92 Å². The lowest BCUT2D eigenvalue weighted by molar-refractivity contribution is 0.0685. The molecule has 0 saturated carbocycles. The number of benzene rings is 1. The second kappa shape index (κ2) is 4.70. The zero-order chi connectivity index (χ0) is 13.3. The number of nitrogens with zero attached hydrogens (tertiary/aromatic N) is 1. The highest BCUT2D eigenvalue weighted by atomic mass is 35.5. The third-order valence-electron chi connectivity index (χ3n) is 2.55. The fraction of sp³-hybridized carbons (Fsp3) is 0.167. The molecule has 0 radical (unpaired) electrons. The maximum Gasteiger partial charge on any atom is 0.358 e. The summed E-state index contributed by atoms with van der Waals surface area (Å²) in [5, 5.41) is 12.8. The van der Waals surface area contributed by atoms with Crippen LogP contribution in [0.2, 0.25) is 5.02 Å². The minimum Gasteiger partial charge on any atom is -0.497 e. The summed E-state index contributed by atoms with van der Waals surface area (Å²) in [6.45, 7) is 1.62. The molecule has 0 amide bonds. The summed E-state index contributed by atoms with van der Waals surface area (Å²) in [5.74, 6) is -0.174. The quantitative estimate of drug-likeness (QED) is 0.925. The van der Waals surface area contributed by atoms with E-state index in [4.69, 9.17) is 26.0 Å². The van der Waals surface area contributed by atoms with E-state index in [9.17, 15) is 4.79 Å². The Kier molecular flexibility index (Phi) is 3.25. The first-order chi connectivity index (χ1) is 8.54. The molecular formula is C12H10ClNO4. The zero-order valence-electron chi connectivity index (χ0n) is 9.73. The standard InChI is InChI=1S/C12H10ClNO4/c1-6-10(12(15)16)14-18-11(6)8-4-3-7(17-2)5-9(8)13/h3-5H,1-2H3,(H,15,16). The Bertz CT molecular complexity index is 606. The summed E-state index contributed by atoms with van der Waals surface area (Å²) in [5.41, 5.74) is 0.904. The van der Waals surface area contributed by atoms with E-state index in [1.807, 2.05) is 0 Å². The van der Waals surface area contributed by atoms with Gasteiger partial charge in [0.05, 0.1) is 12.1 Å². The van der Waals surface area contributed by atoms with Crippen molar-refractivity contribution in [1.29, 1.82) is 0 Å². The van der Waals surface area contributed by atoms with Crippen LogP contribution < -0.4 is 4.74 Å². The summed E-state index contributed by atoms with van der Waals surface area (Å²) in [6.07, 6.45) is 0. The van der Waals surface area contributed by atoms with Gasteiger partial charge in [0.15, 0.2) is 11.5 Å². The third-order valence-corrected chi connectivity index (χ3v) is 2.86. The maximum atomic E-state index is 10.9. The molecule has 0 saturated heterocycles. The van der Waals surface area contributed by atoms with Crippen LogP contribution >= 0.6 is 11.6 Å². The molecule has 0 bridgehead atoms. The van der Waals surface area contributed by atoms with Crippen LogP contribution in [0.3, 0.4) is 0 Å². The lowest BCUT2D eigenvalue weighted by atomic mass is 10.1. The average Bonchev–Trinajstić information content (AvgIpc) is 2.71. The van der Waals surface area contributed by atoms with Gasteiger partial charge < -0.3 is 14.4 Å². The normalized spacial score (nSPS) is 10.4. The molecule has 1 N–H and O–H groups in total. The van der Waals surface area contributed by atoms with E-state index >= 15 is 0 Å². The van der Waals surface area contributed by atoms with E-state index in [-0.39, 0.29) is 5.69 Å². The molecule has 0 aliphatic heterocycles. The summed E-state index contributed by atoms with van der Waals surface area (Å²) in [4.78, 5) is 10.9. The van der Waals surface area contributed by atoms with Crippen LogP contribution in [-0.2, 0) is 0 Å². The Hall–Kier alpha value is -2.01. The van der Waals surface area contributed by atoms with Gasteiger partial charge in [0.25, 0.3) is 0 Å². The van der Waals surface area contributed by atoms with Crippen molar-refractivity contribution in [2.75, 3.05) is 7.11 Å². The molecule has 0 atom stereocenters. The second-order valence-electron chi connectivity index (χ2n) is 3.64. The second-order valence-corrected chi connectivity index (χ2v) is 4.04. The van der Waals surface area contributed by atoms with Crippen molar-refractivity contribution in [3.05, 3.63) is 34.5 Å². The van der Waals surface area contributed by atoms with Crippen LogP contribution in [0.5, 0.6) is 5.75 Å². The lowest BCUT2D eigenvalue weighted by Crippen LogP contribution is -1.98. The van der Waals surface area contributed by atoms with E-state index in [0.29, 0.717) is 27.7 Å². The minimum atomic E-state index is -1.13. The highest BCUT2D eigenvalue weighted by Gasteiger charge is 2.20. The van der Waals surface area contributed by atoms with Crippen LogP contribution in [0.4, 0.5) is 0 Å². The molecule has 2 aromatic rings. The van der Waals surface area contributed by atoms with Crippen LogP contribution in [0.25, 0.3) is 11.3 Å². The SMILES string of the molecule is COc1ccc(-c2onc(C(=O)O)c2C)c(Cl)c1. The minimum absolute atomic E-state index is 0.114. The van der Waals surface area contributed by atoms with Crippen molar-refractivity contribution in [3.8, 4) is 17.1 Å². The van der Waals surface area contributed by atoms with Crippen molar-refractivity contribution < 1.29 is 19.2 Å². The van der Waals surface area contributed by atoms with Gasteiger partial charge in [-0.1, -0.05) is 16.8 Å². The van der Waals surface area contributed by atoms with E-state index in [1.165, 1.54) is 7.11 Å². The number of aromatic carboxylic acids is 1. The summed E-state index contributed by atoms with van der Waals surface area (Å²) in [7, 11) is 1.54. The van der Waals surface area contributed by atoms with Gasteiger partial charge in [-0.15, -0.1) is 0 Å². The number of carboxylic acid groups (broad SMARTS) is 1. The van der Waals surface area contributed by atoms with Gasteiger partial charge in [-0.2, -0.15) is 0 Å². The molecule has 5 nitrogen and oxygen atoms in total. The highest BCUT2D eigenvalue weighted by molar-refractivity contribution is 6.33.